The van der Waals surface area contributed by atoms with Crippen LogP contribution in [0.4, 0.5) is 4.79 Å². The number of carbonyl (C=O) groups excluding carboxylic acids is 2. The molecule has 0 N–H and O–H groups in total. The third kappa shape index (κ3) is 3.72. The fourth-order valence-corrected chi connectivity index (χ4v) is 2.70. The van der Waals surface area contributed by atoms with E-state index < -0.39 is 0 Å². The Bertz CT molecular complexity index is 230. The quantitative estimate of drug-likeness (QED) is 0.758. The summed E-state index contributed by atoms with van der Waals surface area (Å²) in [6, 6.07) is 0. The Morgan fingerprint density at radius 1 is 1.53 bits per heavy atom. The minimum atomic E-state index is -0.0888. The van der Waals surface area contributed by atoms with Gasteiger partial charge < -0.3 is 0 Å². The third-order valence-corrected chi connectivity index (χ3v) is 3.85. The number of nitrogens with zero attached hydrogens (tertiary/aromatic N) is 1. The van der Waals surface area contributed by atoms with Gasteiger partial charge in [0.1, 0.15) is 0 Å². The van der Waals surface area contributed by atoms with Gasteiger partial charge in [0.2, 0.25) is 5.91 Å². The van der Waals surface area contributed by atoms with Gasteiger partial charge in [-0.3, -0.25) is 14.5 Å². The molecule has 1 unspecified atom stereocenters. The van der Waals surface area contributed by atoms with E-state index in [-0.39, 0.29) is 11.1 Å². The maximum Gasteiger partial charge on any atom is 0.288 e. The average molecular weight is 247 g/mol. The van der Waals surface area contributed by atoms with E-state index in [0.29, 0.717) is 24.6 Å². The summed E-state index contributed by atoms with van der Waals surface area (Å²) >= 11 is 5.49. The van der Waals surface area contributed by atoms with Crippen molar-refractivity contribution in [3.8, 4) is 0 Å². The molecule has 86 valence electrons. The van der Waals surface area contributed by atoms with Crippen molar-refractivity contribution in [2.24, 2.45) is 5.92 Å². The van der Waals surface area contributed by atoms with E-state index in [1.165, 1.54) is 16.7 Å². The predicted octanol–water partition coefficient (Wildman–Crippen LogP) is 2.42. The highest BCUT2D eigenvalue weighted by Crippen LogP contribution is 2.21. The number of hydrogen-bond acceptors (Lipinski definition) is 4. The van der Waals surface area contributed by atoms with Crippen LogP contribution in [-0.4, -0.2) is 34.1 Å². The number of rotatable bonds is 5. The van der Waals surface area contributed by atoms with Gasteiger partial charge in [-0.15, -0.1) is 0 Å². The lowest BCUT2D eigenvalue weighted by molar-refractivity contribution is -0.128. The van der Waals surface area contributed by atoms with Crippen LogP contribution in [0, 0.1) is 5.92 Å². The highest BCUT2D eigenvalue weighted by Gasteiger charge is 2.28. The van der Waals surface area contributed by atoms with E-state index in [9.17, 15) is 9.59 Å². The van der Waals surface area contributed by atoms with Crippen LogP contribution in [0.3, 0.4) is 0 Å². The molecule has 0 saturated carbocycles. The largest absolute Gasteiger partial charge is 0.288 e. The Morgan fingerprint density at radius 3 is 2.80 bits per heavy atom. The van der Waals surface area contributed by atoms with Crippen molar-refractivity contribution in [3.05, 3.63) is 0 Å². The Labute approximate surface area is 100 Å². The Kier molecular flexibility index (Phi) is 5.53. The fraction of sp³-hybridized carbons (Fsp3) is 0.800. The number of amides is 2. The second-order valence-electron chi connectivity index (χ2n) is 3.71. The molecule has 0 spiro atoms. The summed E-state index contributed by atoms with van der Waals surface area (Å²) in [4.78, 5) is 24.4. The van der Waals surface area contributed by atoms with Crippen molar-refractivity contribution >= 4 is 35.5 Å². The minimum absolute atomic E-state index is 0.0263. The molecule has 1 fully saturated rings. The van der Waals surface area contributed by atoms with Crippen molar-refractivity contribution < 1.29 is 9.59 Å². The topological polar surface area (TPSA) is 37.4 Å². The van der Waals surface area contributed by atoms with Crippen LogP contribution in [0.2, 0.25) is 0 Å². The van der Waals surface area contributed by atoms with E-state index >= 15 is 0 Å². The highest BCUT2D eigenvalue weighted by molar-refractivity contribution is 8.13. The van der Waals surface area contributed by atoms with Gasteiger partial charge in [-0.1, -0.05) is 25.1 Å². The Morgan fingerprint density at radius 2 is 2.27 bits per heavy atom. The normalized spacial score (nSPS) is 19.5. The molecule has 0 aromatic carbocycles. The van der Waals surface area contributed by atoms with Crippen LogP contribution in [-0.2, 0) is 4.79 Å². The van der Waals surface area contributed by atoms with E-state index in [1.54, 1.807) is 0 Å². The van der Waals surface area contributed by atoms with Gasteiger partial charge in [-0.25, -0.2) is 0 Å². The second-order valence-corrected chi connectivity index (χ2v) is 5.12. The van der Waals surface area contributed by atoms with E-state index in [2.05, 4.69) is 19.6 Å². The highest BCUT2D eigenvalue weighted by atomic mass is 32.2. The predicted molar refractivity (Wildman–Crippen MR) is 66.4 cm³/mol. The molecule has 1 atom stereocenters. The van der Waals surface area contributed by atoms with Crippen molar-refractivity contribution in [3.63, 3.8) is 0 Å². The van der Waals surface area contributed by atoms with Gasteiger partial charge in [0.25, 0.3) is 5.24 Å². The monoisotopic (exact) mass is 247 g/mol. The zero-order valence-corrected chi connectivity index (χ0v) is 10.7. The number of thioether (sulfide) groups is 1. The van der Waals surface area contributed by atoms with Gasteiger partial charge in [-0.2, -0.15) is 12.6 Å². The van der Waals surface area contributed by atoms with Crippen molar-refractivity contribution in [2.45, 2.75) is 26.2 Å². The maximum atomic E-state index is 11.5. The van der Waals surface area contributed by atoms with Crippen LogP contribution in [0.15, 0.2) is 0 Å². The third-order valence-electron chi connectivity index (χ3n) is 2.46. The summed E-state index contributed by atoms with van der Waals surface area (Å²) in [5, 5.41) is -0.0888. The molecule has 5 heteroatoms. The Hall–Kier alpha value is -0.160. The molecule has 0 aromatic heterocycles. The van der Waals surface area contributed by atoms with Crippen LogP contribution in [0.1, 0.15) is 26.2 Å². The number of thiol groups is 1. The summed E-state index contributed by atoms with van der Waals surface area (Å²) in [6.07, 6.45) is 2.57. The molecular formula is C10H17NO2S2. The average Bonchev–Trinajstić information content (AvgIpc) is 2.22. The van der Waals surface area contributed by atoms with Crippen LogP contribution < -0.4 is 0 Å². The lowest BCUT2D eigenvalue weighted by atomic mass is 10.1. The second kappa shape index (κ2) is 6.43. The summed E-state index contributed by atoms with van der Waals surface area (Å²) in [6.45, 7) is 2.65. The molecule has 1 heterocycles. The zero-order valence-electron chi connectivity index (χ0n) is 8.94. The zero-order chi connectivity index (χ0) is 11.3. The molecule has 0 aliphatic carbocycles. The van der Waals surface area contributed by atoms with Gasteiger partial charge >= 0.3 is 0 Å². The molecule has 15 heavy (non-hydrogen) atoms. The van der Waals surface area contributed by atoms with Crippen LogP contribution in [0.25, 0.3) is 0 Å². The first-order valence-corrected chi connectivity index (χ1v) is 6.88. The molecule has 0 aromatic rings. The van der Waals surface area contributed by atoms with Gasteiger partial charge in [-0.05, 0) is 18.1 Å². The van der Waals surface area contributed by atoms with Gasteiger partial charge in [0.05, 0.1) is 0 Å². The first-order chi connectivity index (χ1) is 7.19. The maximum absolute atomic E-state index is 11.5. The molecular weight excluding hydrogens is 230 g/mol. The first-order valence-electron chi connectivity index (χ1n) is 5.27. The fourth-order valence-electron chi connectivity index (χ4n) is 1.62. The molecule has 2 amide bonds. The molecule has 0 bridgehead atoms. The van der Waals surface area contributed by atoms with E-state index in [0.717, 1.165) is 18.6 Å². The summed E-state index contributed by atoms with van der Waals surface area (Å²) in [5.74, 6) is 1.68. The molecule has 1 rings (SSSR count). The molecule has 1 saturated heterocycles. The number of carbonyl (C=O) groups is 2. The molecule has 0 radical (unpaired) electrons. The summed E-state index contributed by atoms with van der Waals surface area (Å²) in [7, 11) is 0. The van der Waals surface area contributed by atoms with E-state index in [1.807, 2.05) is 0 Å². The lowest BCUT2D eigenvalue weighted by Gasteiger charge is -2.27. The Balaban J connectivity index is 2.52. The van der Waals surface area contributed by atoms with Gasteiger partial charge in [0.15, 0.2) is 0 Å². The van der Waals surface area contributed by atoms with Crippen molar-refractivity contribution in [2.75, 3.05) is 18.1 Å². The minimum Gasteiger partial charge on any atom is -0.274 e. The smallest absolute Gasteiger partial charge is 0.274 e. The standard InChI is InChI=1S/C10H17NO2S2/c1-2-3-8(7-14)6-11-9(12)4-5-15-10(11)13/h8,14H,2-7H2,1H3. The molecule has 3 nitrogen and oxygen atoms in total. The number of imide groups is 1. The molecule has 1 aliphatic heterocycles. The number of hydrogen-bond donors (Lipinski definition) is 1. The first kappa shape index (κ1) is 12.9. The van der Waals surface area contributed by atoms with Gasteiger partial charge in [0, 0.05) is 18.7 Å². The van der Waals surface area contributed by atoms with Crippen LogP contribution in [0.5, 0.6) is 0 Å². The SMILES string of the molecule is CCCC(CS)CN1C(=O)CCSC1=O. The lowest BCUT2D eigenvalue weighted by Crippen LogP contribution is -2.41. The van der Waals surface area contributed by atoms with Crippen molar-refractivity contribution in [1.82, 2.24) is 4.90 Å². The summed E-state index contributed by atoms with van der Waals surface area (Å²) < 4.78 is 0. The van der Waals surface area contributed by atoms with Crippen LogP contribution >= 0.6 is 24.4 Å². The van der Waals surface area contributed by atoms with Crippen molar-refractivity contribution in [1.29, 1.82) is 0 Å². The molecule has 1 aliphatic rings. The summed E-state index contributed by atoms with van der Waals surface area (Å²) in [5.41, 5.74) is 0. The van der Waals surface area contributed by atoms with E-state index in [4.69, 9.17) is 0 Å².